The zero-order valence-corrected chi connectivity index (χ0v) is 21.9. The summed E-state index contributed by atoms with van der Waals surface area (Å²) in [6, 6.07) is 15.8. The van der Waals surface area contributed by atoms with Gasteiger partial charge < -0.3 is 5.32 Å². The van der Waals surface area contributed by atoms with Gasteiger partial charge in [0, 0.05) is 35.9 Å². The number of carbonyl (C=O) groups is 1. The van der Waals surface area contributed by atoms with Gasteiger partial charge in [0.25, 0.3) is 0 Å². The predicted octanol–water partition coefficient (Wildman–Crippen LogP) is 2.73. The van der Waals surface area contributed by atoms with Gasteiger partial charge in [-0.1, -0.05) is 23.4 Å². The van der Waals surface area contributed by atoms with Gasteiger partial charge in [0.2, 0.25) is 21.6 Å². The van der Waals surface area contributed by atoms with E-state index in [2.05, 4.69) is 31.7 Å². The van der Waals surface area contributed by atoms with Crippen molar-refractivity contribution in [1.82, 2.24) is 34.3 Å². The first-order chi connectivity index (χ1) is 18.8. The minimum Gasteiger partial charge on any atom is -0.325 e. The summed E-state index contributed by atoms with van der Waals surface area (Å²) in [5.41, 5.74) is 5.29. The lowest BCUT2D eigenvalue weighted by Gasteiger charge is -2.36. The maximum absolute atomic E-state index is 13.1. The summed E-state index contributed by atoms with van der Waals surface area (Å²) < 4.78 is 27.2. The van der Waals surface area contributed by atoms with Crippen LogP contribution in [0.5, 0.6) is 0 Å². The average Bonchev–Trinajstić information content (AvgIpc) is 3.45. The molecule has 3 aromatic heterocycles. The molecule has 1 spiro atoms. The van der Waals surface area contributed by atoms with Gasteiger partial charge >= 0.3 is 0 Å². The van der Waals surface area contributed by atoms with Crippen molar-refractivity contribution in [2.45, 2.75) is 24.8 Å². The highest BCUT2D eigenvalue weighted by molar-refractivity contribution is 7.88. The van der Waals surface area contributed by atoms with Crippen LogP contribution < -0.4 is 5.32 Å². The van der Waals surface area contributed by atoms with Gasteiger partial charge in [-0.25, -0.2) is 27.4 Å². The van der Waals surface area contributed by atoms with Crippen LogP contribution in [0, 0.1) is 0 Å². The molecule has 0 unspecified atom stereocenters. The number of rotatable bonds is 4. The van der Waals surface area contributed by atoms with E-state index in [1.165, 1.54) is 10.6 Å². The summed E-state index contributed by atoms with van der Waals surface area (Å²) in [6.07, 6.45) is 5.48. The standard InChI is InChI=1S/C27H24N8O3S/c1-39(37,38)34-11-8-27(9-12-34)20-14-19(5-7-22(20)31-26(27)36)23-15-29-24-25(30-23)35(33-32-24)16-17-4-6-21-18(13-17)3-2-10-28-21/h2-7,10,13-15H,8-9,11-12,16H2,1H3,(H,31,36). The normalized spacial score (nSPS) is 17.1. The van der Waals surface area contributed by atoms with Gasteiger partial charge in [0.15, 0.2) is 5.65 Å². The van der Waals surface area contributed by atoms with Gasteiger partial charge in [-0.05, 0) is 54.3 Å². The average molecular weight is 541 g/mol. The number of pyridine rings is 1. The molecule has 1 amide bonds. The summed E-state index contributed by atoms with van der Waals surface area (Å²) in [6.45, 7) is 1.08. The summed E-state index contributed by atoms with van der Waals surface area (Å²) in [5, 5.41) is 12.5. The molecule has 12 heteroatoms. The van der Waals surface area contributed by atoms with Crippen molar-refractivity contribution in [1.29, 1.82) is 0 Å². The molecule has 0 bridgehead atoms. The van der Waals surface area contributed by atoms with E-state index in [9.17, 15) is 13.2 Å². The number of amides is 1. The molecule has 0 atom stereocenters. The third-order valence-corrected chi connectivity index (χ3v) is 9.09. The largest absolute Gasteiger partial charge is 0.325 e. The van der Waals surface area contributed by atoms with Crippen molar-refractivity contribution in [2.24, 2.45) is 0 Å². The lowest BCUT2D eigenvalue weighted by molar-refractivity contribution is -0.122. The Morgan fingerprint density at radius 3 is 2.72 bits per heavy atom. The van der Waals surface area contributed by atoms with Crippen LogP contribution in [-0.4, -0.2) is 67.9 Å². The van der Waals surface area contributed by atoms with E-state index in [1.54, 1.807) is 17.1 Å². The molecule has 11 nitrogen and oxygen atoms in total. The number of hydrogen-bond acceptors (Lipinski definition) is 8. The second-order valence-corrected chi connectivity index (χ2v) is 12.1. The second-order valence-electron chi connectivity index (χ2n) is 10.1. The highest BCUT2D eigenvalue weighted by Crippen LogP contribution is 2.46. The van der Waals surface area contributed by atoms with E-state index in [4.69, 9.17) is 4.98 Å². The molecule has 7 rings (SSSR count). The minimum absolute atomic E-state index is 0.0859. The fourth-order valence-electron chi connectivity index (χ4n) is 5.67. The fourth-order valence-corrected chi connectivity index (χ4v) is 6.51. The van der Waals surface area contributed by atoms with E-state index in [1.807, 2.05) is 42.5 Å². The maximum Gasteiger partial charge on any atom is 0.235 e. The number of fused-ring (bicyclic) bond motifs is 4. The van der Waals surface area contributed by atoms with Crippen LogP contribution in [0.15, 0.2) is 60.9 Å². The van der Waals surface area contributed by atoms with Gasteiger partial charge in [0.05, 0.1) is 35.6 Å². The second kappa shape index (κ2) is 8.61. The topological polar surface area (TPSA) is 136 Å². The lowest BCUT2D eigenvalue weighted by Crippen LogP contribution is -2.47. The Kier molecular flexibility index (Phi) is 5.26. The van der Waals surface area contributed by atoms with Gasteiger partial charge in [-0.2, -0.15) is 0 Å². The number of nitrogens with one attached hydrogen (secondary N) is 1. The van der Waals surface area contributed by atoms with Crippen LogP contribution in [0.1, 0.15) is 24.0 Å². The fraction of sp³-hybridized carbons (Fsp3) is 0.259. The molecular formula is C27H24N8O3S. The summed E-state index contributed by atoms with van der Waals surface area (Å²) in [5.74, 6) is -0.0859. The molecule has 1 fully saturated rings. The van der Waals surface area contributed by atoms with Crippen LogP contribution >= 0.6 is 0 Å². The van der Waals surface area contributed by atoms with Crippen LogP contribution in [-0.2, 0) is 26.8 Å². The number of anilines is 1. The Balaban J connectivity index is 1.22. The predicted molar refractivity (Wildman–Crippen MR) is 145 cm³/mol. The number of sulfonamides is 1. The smallest absolute Gasteiger partial charge is 0.235 e. The lowest BCUT2D eigenvalue weighted by atomic mass is 9.74. The van der Waals surface area contributed by atoms with Crippen molar-refractivity contribution < 1.29 is 13.2 Å². The number of carbonyl (C=O) groups excluding carboxylic acids is 1. The van der Waals surface area contributed by atoms with E-state index in [-0.39, 0.29) is 5.91 Å². The molecule has 5 aromatic rings. The highest BCUT2D eigenvalue weighted by Gasteiger charge is 2.49. The van der Waals surface area contributed by atoms with Crippen molar-refractivity contribution in [3.8, 4) is 11.3 Å². The third-order valence-electron chi connectivity index (χ3n) is 7.79. The molecule has 1 saturated heterocycles. The van der Waals surface area contributed by atoms with Gasteiger partial charge in [0.1, 0.15) is 0 Å². The summed E-state index contributed by atoms with van der Waals surface area (Å²) >= 11 is 0. The van der Waals surface area contributed by atoms with E-state index < -0.39 is 15.4 Å². The van der Waals surface area contributed by atoms with Crippen molar-refractivity contribution in [2.75, 3.05) is 24.7 Å². The number of hydrogen-bond donors (Lipinski definition) is 1. The molecule has 2 aliphatic rings. The van der Waals surface area contributed by atoms with Crippen LogP contribution in [0.2, 0.25) is 0 Å². The zero-order valence-electron chi connectivity index (χ0n) is 21.1. The van der Waals surface area contributed by atoms with E-state index >= 15 is 0 Å². The van der Waals surface area contributed by atoms with Crippen molar-refractivity contribution in [3.63, 3.8) is 0 Å². The Bertz CT molecular complexity index is 1890. The number of aromatic nitrogens is 6. The van der Waals surface area contributed by atoms with Gasteiger partial charge in [-0.15, -0.1) is 5.10 Å². The van der Waals surface area contributed by atoms with Crippen LogP contribution in [0.25, 0.3) is 33.5 Å². The van der Waals surface area contributed by atoms with Crippen molar-refractivity contribution in [3.05, 3.63) is 72.1 Å². The molecule has 0 saturated carbocycles. The summed E-state index contributed by atoms with van der Waals surface area (Å²) in [7, 11) is -3.31. The molecule has 39 heavy (non-hydrogen) atoms. The molecule has 2 aliphatic heterocycles. The molecular weight excluding hydrogens is 516 g/mol. The first-order valence-corrected chi connectivity index (χ1v) is 14.5. The van der Waals surface area contributed by atoms with E-state index in [0.717, 1.165) is 33.3 Å². The van der Waals surface area contributed by atoms with Crippen LogP contribution in [0.4, 0.5) is 5.69 Å². The van der Waals surface area contributed by atoms with E-state index in [0.29, 0.717) is 49.5 Å². The molecule has 2 aromatic carbocycles. The number of benzene rings is 2. The molecule has 0 aliphatic carbocycles. The molecule has 1 N–H and O–H groups in total. The summed E-state index contributed by atoms with van der Waals surface area (Å²) in [4.78, 5) is 26.9. The minimum atomic E-state index is -3.31. The first kappa shape index (κ1) is 23.8. The monoisotopic (exact) mass is 540 g/mol. The number of nitrogens with zero attached hydrogens (tertiary/aromatic N) is 7. The Labute approximate surface area is 224 Å². The maximum atomic E-state index is 13.1. The molecule has 196 valence electrons. The van der Waals surface area contributed by atoms with Crippen LogP contribution in [0.3, 0.4) is 0 Å². The first-order valence-electron chi connectivity index (χ1n) is 12.6. The highest BCUT2D eigenvalue weighted by atomic mass is 32.2. The number of piperidine rings is 1. The Morgan fingerprint density at radius 2 is 1.90 bits per heavy atom. The Hall–Kier alpha value is -4.29. The third kappa shape index (κ3) is 3.94. The van der Waals surface area contributed by atoms with Crippen molar-refractivity contribution >= 4 is 43.8 Å². The van der Waals surface area contributed by atoms with Gasteiger partial charge in [-0.3, -0.25) is 9.78 Å². The quantitative estimate of drug-likeness (QED) is 0.368. The molecule has 0 radical (unpaired) electrons. The zero-order chi connectivity index (χ0) is 26.8. The SMILES string of the molecule is CS(=O)(=O)N1CCC2(CC1)C(=O)Nc1ccc(-c3cnc4nnn(Cc5ccc6ncccc6c5)c4n3)cc12. The molecule has 5 heterocycles. The Morgan fingerprint density at radius 1 is 1.05 bits per heavy atom.